The molecule has 7 heteroatoms. The number of benzene rings is 1. The van der Waals surface area contributed by atoms with Crippen LogP contribution in [-0.4, -0.2) is 27.3 Å². The van der Waals surface area contributed by atoms with Crippen LogP contribution in [0, 0.1) is 0 Å². The van der Waals surface area contributed by atoms with Crippen LogP contribution in [0.15, 0.2) is 48.4 Å². The van der Waals surface area contributed by atoms with E-state index in [9.17, 15) is 9.59 Å². The molecule has 25 heavy (non-hydrogen) atoms. The van der Waals surface area contributed by atoms with E-state index in [-0.39, 0.29) is 5.57 Å². The molecule has 2 heterocycles. The number of aromatic nitrogens is 2. The molecule has 0 atom stereocenters. The van der Waals surface area contributed by atoms with Crippen LogP contribution in [0.25, 0.3) is 5.69 Å². The monoisotopic (exact) mass is 341 g/mol. The Kier molecular flexibility index (Phi) is 4.31. The van der Waals surface area contributed by atoms with Gasteiger partial charge in [-0.05, 0) is 12.1 Å². The largest absolute Gasteiger partial charge is 0.419 e. The van der Waals surface area contributed by atoms with Crippen LogP contribution in [0.5, 0.6) is 0 Å². The summed E-state index contributed by atoms with van der Waals surface area (Å²) in [6, 6.07) is 7.52. The van der Waals surface area contributed by atoms with E-state index >= 15 is 0 Å². The van der Waals surface area contributed by atoms with Crippen LogP contribution in [0.3, 0.4) is 0 Å². The molecule has 7 nitrogen and oxygen atoms in total. The number of carbonyl (C=O) groups excluding carboxylic acids is 2. The zero-order valence-corrected chi connectivity index (χ0v) is 14.3. The fraction of sp³-hybridized carbons (Fsp3) is 0.278. The molecule has 0 bridgehead atoms. The Morgan fingerprint density at radius 2 is 1.88 bits per heavy atom. The molecule has 130 valence electrons. The molecular weight excluding hydrogens is 322 g/mol. The van der Waals surface area contributed by atoms with Crippen molar-refractivity contribution < 1.29 is 19.1 Å². The molecule has 1 aliphatic rings. The first-order valence-corrected chi connectivity index (χ1v) is 7.96. The first-order valence-electron chi connectivity index (χ1n) is 7.96. The molecule has 0 unspecified atom stereocenters. The molecule has 1 aromatic heterocycles. The fourth-order valence-corrected chi connectivity index (χ4v) is 2.55. The van der Waals surface area contributed by atoms with E-state index in [1.807, 2.05) is 42.0 Å². The van der Waals surface area contributed by atoms with E-state index in [4.69, 9.17) is 9.47 Å². The van der Waals surface area contributed by atoms with Crippen molar-refractivity contribution in [3.05, 3.63) is 54.3 Å². The number of ether oxygens (including phenoxy) is 2. The Bertz CT molecular complexity index is 830. The van der Waals surface area contributed by atoms with Gasteiger partial charge in [0.15, 0.2) is 5.57 Å². The van der Waals surface area contributed by atoms with Gasteiger partial charge in [0.1, 0.15) is 5.82 Å². The Labute approximate surface area is 145 Å². The Hall–Kier alpha value is -3.09. The molecule has 1 fully saturated rings. The van der Waals surface area contributed by atoms with Gasteiger partial charge in [0.05, 0.1) is 11.4 Å². The molecule has 2 aromatic rings. The molecule has 1 aliphatic heterocycles. The van der Waals surface area contributed by atoms with Gasteiger partial charge in [-0.1, -0.05) is 19.1 Å². The van der Waals surface area contributed by atoms with E-state index in [1.165, 1.54) is 20.0 Å². The third kappa shape index (κ3) is 3.40. The number of cyclic esters (lactones) is 2. The summed E-state index contributed by atoms with van der Waals surface area (Å²) in [7, 11) is 0. The normalized spacial score (nSPS) is 16.2. The van der Waals surface area contributed by atoms with Crippen LogP contribution in [0.4, 0.5) is 5.69 Å². The van der Waals surface area contributed by atoms with Gasteiger partial charge in [-0.2, -0.15) is 0 Å². The molecular formula is C18H19N3O4. The third-order valence-electron chi connectivity index (χ3n) is 3.69. The number of para-hydroxylation sites is 2. The van der Waals surface area contributed by atoms with Crippen molar-refractivity contribution in [3.63, 3.8) is 0 Å². The minimum absolute atomic E-state index is 0.185. The summed E-state index contributed by atoms with van der Waals surface area (Å²) in [5.74, 6) is -1.79. The minimum atomic E-state index is -1.25. The lowest BCUT2D eigenvalue weighted by molar-refractivity contribution is -0.222. The van der Waals surface area contributed by atoms with Gasteiger partial charge < -0.3 is 19.4 Å². The highest BCUT2D eigenvalue weighted by molar-refractivity contribution is 6.15. The maximum Gasteiger partial charge on any atom is 0.350 e. The van der Waals surface area contributed by atoms with Crippen LogP contribution in [0.2, 0.25) is 0 Å². The Balaban J connectivity index is 1.90. The average molecular weight is 341 g/mol. The van der Waals surface area contributed by atoms with Crippen molar-refractivity contribution in [2.45, 2.75) is 33.0 Å². The topological polar surface area (TPSA) is 82.5 Å². The molecule has 0 spiro atoms. The molecule has 1 N–H and O–H groups in total. The van der Waals surface area contributed by atoms with Gasteiger partial charge >= 0.3 is 11.9 Å². The van der Waals surface area contributed by atoms with Gasteiger partial charge in [-0.3, -0.25) is 0 Å². The van der Waals surface area contributed by atoms with Crippen molar-refractivity contribution in [3.8, 4) is 5.69 Å². The third-order valence-corrected chi connectivity index (χ3v) is 3.69. The van der Waals surface area contributed by atoms with E-state index in [0.717, 1.165) is 17.9 Å². The molecule has 3 rings (SSSR count). The number of carbonyl (C=O) groups is 2. The number of hydrogen-bond donors (Lipinski definition) is 1. The number of nitrogens with zero attached hydrogens (tertiary/aromatic N) is 2. The summed E-state index contributed by atoms with van der Waals surface area (Å²) in [6.07, 6.45) is 5.67. The summed E-state index contributed by atoms with van der Waals surface area (Å²) in [5, 5.41) is 3.00. The van der Waals surface area contributed by atoms with Crippen LogP contribution < -0.4 is 5.32 Å². The number of aryl methyl sites for hydroxylation is 1. The first-order chi connectivity index (χ1) is 11.9. The van der Waals surface area contributed by atoms with Crippen LogP contribution in [0.1, 0.15) is 26.6 Å². The van der Waals surface area contributed by atoms with Gasteiger partial charge in [-0.25, -0.2) is 14.6 Å². The van der Waals surface area contributed by atoms with Crippen molar-refractivity contribution in [2.24, 2.45) is 0 Å². The molecule has 0 radical (unpaired) electrons. The van der Waals surface area contributed by atoms with Crippen molar-refractivity contribution >= 4 is 17.6 Å². The quantitative estimate of drug-likeness (QED) is 0.523. The van der Waals surface area contributed by atoms with Gasteiger partial charge in [-0.15, -0.1) is 0 Å². The maximum absolute atomic E-state index is 12.0. The zero-order valence-electron chi connectivity index (χ0n) is 14.3. The predicted octanol–water partition coefficient (Wildman–Crippen LogP) is 2.57. The SMILES string of the molecule is CCc1nccn1-c1ccccc1NC=C1C(=O)OC(C)(C)OC1=O. The molecule has 0 aliphatic carbocycles. The van der Waals surface area contributed by atoms with E-state index in [1.54, 1.807) is 6.20 Å². The molecule has 0 saturated carbocycles. The smallest absolute Gasteiger partial charge is 0.350 e. The first kappa shape index (κ1) is 16.8. The lowest BCUT2D eigenvalue weighted by atomic mass is 10.2. The summed E-state index contributed by atoms with van der Waals surface area (Å²) in [6.45, 7) is 5.04. The van der Waals surface area contributed by atoms with Gasteiger partial charge in [0, 0.05) is 38.9 Å². The second-order valence-corrected chi connectivity index (χ2v) is 5.97. The van der Waals surface area contributed by atoms with Gasteiger partial charge in [0.25, 0.3) is 5.79 Å². The number of rotatable bonds is 4. The van der Waals surface area contributed by atoms with Crippen molar-refractivity contribution in [1.29, 1.82) is 0 Å². The van der Waals surface area contributed by atoms with Crippen LogP contribution >= 0.6 is 0 Å². The maximum atomic E-state index is 12.0. The highest BCUT2D eigenvalue weighted by Crippen LogP contribution is 2.25. The molecule has 1 aromatic carbocycles. The number of esters is 2. The molecule has 0 amide bonds. The highest BCUT2D eigenvalue weighted by atomic mass is 16.7. The predicted molar refractivity (Wildman–Crippen MR) is 90.9 cm³/mol. The van der Waals surface area contributed by atoms with Gasteiger partial charge in [0.2, 0.25) is 0 Å². The number of hydrogen-bond acceptors (Lipinski definition) is 6. The van der Waals surface area contributed by atoms with Crippen molar-refractivity contribution in [1.82, 2.24) is 9.55 Å². The summed E-state index contributed by atoms with van der Waals surface area (Å²) in [4.78, 5) is 28.3. The van der Waals surface area contributed by atoms with Crippen molar-refractivity contribution in [2.75, 3.05) is 5.32 Å². The molecule has 1 saturated heterocycles. The lowest BCUT2D eigenvalue weighted by Gasteiger charge is -2.29. The summed E-state index contributed by atoms with van der Waals surface area (Å²) >= 11 is 0. The second kappa shape index (κ2) is 6.43. The van der Waals surface area contributed by atoms with E-state index in [0.29, 0.717) is 5.69 Å². The second-order valence-electron chi connectivity index (χ2n) is 5.97. The summed E-state index contributed by atoms with van der Waals surface area (Å²) in [5.41, 5.74) is 1.38. The van der Waals surface area contributed by atoms with Crippen LogP contribution in [-0.2, 0) is 25.5 Å². The zero-order chi connectivity index (χ0) is 18.0. The summed E-state index contributed by atoms with van der Waals surface area (Å²) < 4.78 is 12.1. The van der Waals surface area contributed by atoms with E-state index < -0.39 is 17.7 Å². The Morgan fingerprint density at radius 1 is 1.20 bits per heavy atom. The lowest BCUT2D eigenvalue weighted by Crippen LogP contribution is -2.42. The standard InChI is InChI=1S/C18H19N3O4/c1-4-15-19-9-10-21(15)14-8-6-5-7-13(14)20-11-12-16(22)24-18(2,3)25-17(12)23/h5-11,20H,4H2,1-3H3. The Morgan fingerprint density at radius 3 is 2.56 bits per heavy atom. The minimum Gasteiger partial charge on any atom is -0.419 e. The average Bonchev–Trinajstić information content (AvgIpc) is 3.01. The number of nitrogens with one attached hydrogen (secondary N) is 1. The number of anilines is 1. The highest BCUT2D eigenvalue weighted by Gasteiger charge is 2.38. The fourth-order valence-electron chi connectivity index (χ4n) is 2.55. The van der Waals surface area contributed by atoms with E-state index in [2.05, 4.69) is 10.3 Å². The number of imidazole rings is 1.